The minimum atomic E-state index is 0. The molecule has 1 fully saturated rings. The Morgan fingerprint density at radius 1 is 1.00 bits per heavy atom. The molecule has 0 amide bonds. The van der Waals surface area contributed by atoms with Crippen molar-refractivity contribution in [2.24, 2.45) is 5.73 Å². The number of nitrogens with one attached hydrogen (secondary N) is 1. The van der Waals surface area contributed by atoms with Crippen molar-refractivity contribution in [1.29, 1.82) is 0 Å². The topological polar surface area (TPSA) is 70.3 Å². The van der Waals surface area contributed by atoms with Gasteiger partial charge in [0.15, 0.2) is 5.82 Å². The Labute approximate surface area is 180 Å². The molecule has 1 aromatic heterocycles. The smallest absolute Gasteiger partial charge is 0.161 e. The number of aryl methyl sites for hydroxylation is 1. The zero-order valence-corrected chi connectivity index (χ0v) is 18.6. The summed E-state index contributed by atoms with van der Waals surface area (Å²) in [4.78, 5) is 14.2. The van der Waals surface area contributed by atoms with Gasteiger partial charge >= 0.3 is 0 Å². The first kappa shape index (κ1) is 24.4. The Morgan fingerprint density at radius 2 is 1.64 bits per heavy atom. The summed E-state index contributed by atoms with van der Waals surface area (Å²) in [6.07, 6.45) is 0.928. The molecule has 3 rings (SSSR count). The van der Waals surface area contributed by atoms with Gasteiger partial charge in [-0.15, -0.1) is 24.8 Å². The van der Waals surface area contributed by atoms with Crippen LogP contribution in [-0.2, 0) is 0 Å². The number of benzene rings is 1. The molecule has 28 heavy (non-hydrogen) atoms. The van der Waals surface area contributed by atoms with Crippen molar-refractivity contribution in [3.63, 3.8) is 0 Å². The quantitative estimate of drug-likeness (QED) is 0.691. The normalized spacial score (nSPS) is 14.2. The van der Waals surface area contributed by atoms with E-state index in [2.05, 4.69) is 58.3 Å². The maximum atomic E-state index is 5.59. The van der Waals surface area contributed by atoms with Crippen molar-refractivity contribution in [3.05, 3.63) is 35.5 Å². The van der Waals surface area contributed by atoms with Gasteiger partial charge in [0, 0.05) is 55.2 Å². The Bertz CT molecular complexity index is 730. The van der Waals surface area contributed by atoms with Gasteiger partial charge in [-0.3, -0.25) is 0 Å². The summed E-state index contributed by atoms with van der Waals surface area (Å²) in [6.45, 7) is 9.97. The molecule has 0 radical (unpaired) electrons. The van der Waals surface area contributed by atoms with Crippen molar-refractivity contribution < 1.29 is 0 Å². The van der Waals surface area contributed by atoms with Crippen molar-refractivity contribution in [1.82, 2.24) is 14.9 Å². The van der Waals surface area contributed by atoms with Gasteiger partial charge in [0.1, 0.15) is 5.82 Å². The van der Waals surface area contributed by atoms with E-state index in [0.29, 0.717) is 6.54 Å². The molecule has 6 nitrogen and oxygen atoms in total. The van der Waals surface area contributed by atoms with Gasteiger partial charge in [-0.1, -0.05) is 0 Å². The maximum absolute atomic E-state index is 5.59. The zero-order valence-electron chi connectivity index (χ0n) is 16.9. The molecule has 1 aliphatic heterocycles. The Morgan fingerprint density at radius 3 is 2.25 bits per heavy atom. The second kappa shape index (κ2) is 11.4. The van der Waals surface area contributed by atoms with Crippen LogP contribution in [0.1, 0.15) is 17.7 Å². The van der Waals surface area contributed by atoms with Crippen LogP contribution in [0.25, 0.3) is 11.4 Å². The molecule has 0 atom stereocenters. The van der Waals surface area contributed by atoms with Crippen molar-refractivity contribution in [2.75, 3.05) is 56.5 Å². The molecular weight excluding hydrogens is 395 g/mol. The maximum Gasteiger partial charge on any atom is 0.161 e. The standard InChI is InChI=1S/C20H30N6.2ClH/c1-15-16(2)23-20(24-19(15)22-10-4-9-21)17-5-7-18(8-6-17)26-13-11-25(3)12-14-26;;/h5-8H,4,9-14,21H2,1-3H3,(H,22,23,24);2*1H. The van der Waals surface area contributed by atoms with E-state index in [1.165, 1.54) is 5.69 Å². The van der Waals surface area contributed by atoms with E-state index in [9.17, 15) is 0 Å². The summed E-state index contributed by atoms with van der Waals surface area (Å²) >= 11 is 0. The molecule has 0 aliphatic carbocycles. The third kappa shape index (κ3) is 5.95. The molecule has 8 heteroatoms. The highest BCUT2D eigenvalue weighted by molar-refractivity contribution is 5.85. The number of hydrogen-bond donors (Lipinski definition) is 2. The van der Waals surface area contributed by atoms with Crippen LogP contribution in [0.15, 0.2) is 24.3 Å². The van der Waals surface area contributed by atoms with Crippen LogP contribution in [0.2, 0.25) is 0 Å². The molecular formula is C20H32Cl2N6. The number of likely N-dealkylation sites (N-methyl/N-ethyl adjacent to an activating group) is 1. The third-order valence-corrected chi connectivity index (χ3v) is 5.06. The molecule has 2 aromatic rings. The first-order chi connectivity index (χ1) is 12.6. The Hall–Kier alpha value is -1.60. The molecule has 0 spiro atoms. The van der Waals surface area contributed by atoms with Gasteiger partial charge in [-0.05, 0) is 58.1 Å². The second-order valence-corrected chi connectivity index (χ2v) is 7.01. The van der Waals surface area contributed by atoms with Crippen molar-refractivity contribution in [2.45, 2.75) is 20.3 Å². The average molecular weight is 427 g/mol. The van der Waals surface area contributed by atoms with E-state index in [0.717, 1.165) is 67.6 Å². The predicted molar refractivity (Wildman–Crippen MR) is 123 cm³/mol. The second-order valence-electron chi connectivity index (χ2n) is 7.01. The fraction of sp³-hybridized carbons (Fsp3) is 0.500. The lowest BCUT2D eigenvalue weighted by Crippen LogP contribution is -2.44. The number of nitrogens with zero attached hydrogens (tertiary/aromatic N) is 4. The van der Waals surface area contributed by atoms with Crippen LogP contribution >= 0.6 is 24.8 Å². The van der Waals surface area contributed by atoms with Gasteiger partial charge in [0.2, 0.25) is 0 Å². The first-order valence-corrected chi connectivity index (χ1v) is 9.41. The monoisotopic (exact) mass is 426 g/mol. The molecule has 1 saturated heterocycles. The summed E-state index contributed by atoms with van der Waals surface area (Å²) in [6, 6.07) is 8.62. The number of piperazine rings is 1. The zero-order chi connectivity index (χ0) is 18.5. The largest absolute Gasteiger partial charge is 0.370 e. The summed E-state index contributed by atoms with van der Waals surface area (Å²) in [5.41, 5.74) is 10.0. The molecule has 0 saturated carbocycles. The fourth-order valence-electron chi connectivity index (χ4n) is 3.12. The molecule has 2 heterocycles. The van der Waals surface area contributed by atoms with E-state index < -0.39 is 0 Å². The summed E-state index contributed by atoms with van der Waals surface area (Å²) < 4.78 is 0. The van der Waals surface area contributed by atoms with E-state index in [-0.39, 0.29) is 24.8 Å². The van der Waals surface area contributed by atoms with Crippen LogP contribution in [0.5, 0.6) is 0 Å². The minimum Gasteiger partial charge on any atom is -0.370 e. The summed E-state index contributed by atoms with van der Waals surface area (Å²) in [7, 11) is 2.18. The number of halogens is 2. The summed E-state index contributed by atoms with van der Waals surface area (Å²) in [5, 5.41) is 3.39. The minimum absolute atomic E-state index is 0. The Kier molecular flexibility index (Phi) is 9.96. The number of rotatable bonds is 6. The summed E-state index contributed by atoms with van der Waals surface area (Å²) in [5.74, 6) is 1.68. The highest BCUT2D eigenvalue weighted by Gasteiger charge is 2.15. The highest BCUT2D eigenvalue weighted by atomic mass is 35.5. The lowest BCUT2D eigenvalue weighted by atomic mass is 10.1. The highest BCUT2D eigenvalue weighted by Crippen LogP contribution is 2.24. The van der Waals surface area contributed by atoms with Gasteiger partial charge in [0.05, 0.1) is 0 Å². The number of nitrogens with two attached hydrogens (primary N) is 1. The van der Waals surface area contributed by atoms with Crippen LogP contribution in [-0.4, -0.2) is 61.2 Å². The fourth-order valence-corrected chi connectivity index (χ4v) is 3.12. The lowest BCUT2D eigenvalue weighted by molar-refractivity contribution is 0.313. The number of hydrogen-bond acceptors (Lipinski definition) is 6. The average Bonchev–Trinajstić information content (AvgIpc) is 2.66. The lowest BCUT2D eigenvalue weighted by Gasteiger charge is -2.34. The number of aromatic nitrogens is 2. The van der Waals surface area contributed by atoms with Gasteiger partial charge in [-0.25, -0.2) is 9.97 Å². The van der Waals surface area contributed by atoms with Gasteiger partial charge < -0.3 is 20.9 Å². The first-order valence-electron chi connectivity index (χ1n) is 9.41. The third-order valence-electron chi connectivity index (χ3n) is 5.06. The number of anilines is 2. The van der Waals surface area contributed by atoms with Crippen molar-refractivity contribution in [3.8, 4) is 11.4 Å². The van der Waals surface area contributed by atoms with Crippen LogP contribution < -0.4 is 16.0 Å². The predicted octanol–water partition coefficient (Wildman–Crippen LogP) is 3.12. The molecule has 1 aliphatic rings. The van der Waals surface area contributed by atoms with Crippen molar-refractivity contribution >= 4 is 36.3 Å². The van der Waals surface area contributed by atoms with Gasteiger partial charge in [0.25, 0.3) is 0 Å². The SMILES string of the molecule is Cc1nc(-c2ccc(N3CCN(C)CC3)cc2)nc(NCCCN)c1C.Cl.Cl. The van der Waals surface area contributed by atoms with Crippen LogP contribution in [0.4, 0.5) is 11.5 Å². The molecule has 1 aromatic carbocycles. The molecule has 156 valence electrons. The van der Waals surface area contributed by atoms with Crippen LogP contribution in [0, 0.1) is 13.8 Å². The van der Waals surface area contributed by atoms with E-state index in [1.807, 2.05) is 6.92 Å². The van der Waals surface area contributed by atoms with E-state index in [4.69, 9.17) is 10.7 Å². The molecule has 3 N–H and O–H groups in total. The van der Waals surface area contributed by atoms with Gasteiger partial charge in [-0.2, -0.15) is 0 Å². The molecule has 0 bridgehead atoms. The Balaban J connectivity index is 0.00000196. The van der Waals surface area contributed by atoms with E-state index >= 15 is 0 Å². The van der Waals surface area contributed by atoms with Crippen LogP contribution in [0.3, 0.4) is 0 Å². The molecule has 0 unspecified atom stereocenters. The van der Waals surface area contributed by atoms with E-state index in [1.54, 1.807) is 0 Å².